The minimum atomic E-state index is -1.10. The van der Waals surface area contributed by atoms with Gasteiger partial charge in [-0.05, 0) is 18.6 Å². The van der Waals surface area contributed by atoms with Crippen molar-refractivity contribution >= 4 is 17.5 Å². The molecular weight excluding hydrogens is 264 g/mol. The zero-order valence-electron chi connectivity index (χ0n) is 9.50. The number of likely N-dealkylation sites (tertiary alicyclic amines) is 1. The molecule has 1 amide bonds. The van der Waals surface area contributed by atoms with Crippen LogP contribution in [0, 0.1) is 17.6 Å². The SMILES string of the molecule is O=C(c1cc(F)c(F)cc1Cl)N1CCC(CO)C1. The standard InChI is InChI=1S/C12H12ClF2NO2/c13-9-4-11(15)10(14)3-8(9)12(18)16-2-1-7(5-16)6-17/h3-4,7,17H,1-2,5-6H2. The third-order valence-corrected chi connectivity index (χ3v) is 3.38. The molecule has 1 heterocycles. The molecule has 1 aromatic carbocycles. The van der Waals surface area contributed by atoms with Crippen molar-refractivity contribution in [1.82, 2.24) is 4.90 Å². The molecule has 0 aliphatic carbocycles. The average molecular weight is 276 g/mol. The maximum Gasteiger partial charge on any atom is 0.255 e. The molecule has 0 radical (unpaired) electrons. The zero-order chi connectivity index (χ0) is 13.3. The van der Waals surface area contributed by atoms with Crippen LogP contribution < -0.4 is 0 Å². The molecule has 18 heavy (non-hydrogen) atoms. The van der Waals surface area contributed by atoms with Crippen molar-refractivity contribution < 1.29 is 18.7 Å². The van der Waals surface area contributed by atoms with Crippen molar-refractivity contribution in [2.24, 2.45) is 5.92 Å². The van der Waals surface area contributed by atoms with Crippen LogP contribution in [0.5, 0.6) is 0 Å². The summed E-state index contributed by atoms with van der Waals surface area (Å²) < 4.78 is 26.0. The van der Waals surface area contributed by atoms with Crippen LogP contribution in [0.1, 0.15) is 16.8 Å². The van der Waals surface area contributed by atoms with Crippen molar-refractivity contribution in [3.63, 3.8) is 0 Å². The first-order chi connectivity index (χ1) is 8.52. The number of hydrogen-bond donors (Lipinski definition) is 1. The topological polar surface area (TPSA) is 40.5 Å². The summed E-state index contributed by atoms with van der Waals surface area (Å²) in [4.78, 5) is 13.5. The Morgan fingerprint density at radius 3 is 2.72 bits per heavy atom. The highest BCUT2D eigenvalue weighted by Gasteiger charge is 2.28. The van der Waals surface area contributed by atoms with E-state index in [2.05, 4.69) is 0 Å². The Morgan fingerprint density at radius 2 is 2.11 bits per heavy atom. The maximum absolute atomic E-state index is 13.1. The average Bonchev–Trinajstić information content (AvgIpc) is 2.81. The number of aliphatic hydroxyl groups is 1. The molecule has 1 saturated heterocycles. The van der Waals surface area contributed by atoms with Gasteiger partial charge in [-0.2, -0.15) is 0 Å². The molecule has 98 valence electrons. The van der Waals surface area contributed by atoms with Crippen molar-refractivity contribution in [2.75, 3.05) is 19.7 Å². The third-order valence-electron chi connectivity index (χ3n) is 3.07. The molecule has 6 heteroatoms. The normalized spacial score (nSPS) is 19.3. The van der Waals surface area contributed by atoms with Gasteiger partial charge >= 0.3 is 0 Å². The first-order valence-corrected chi connectivity index (χ1v) is 5.95. The van der Waals surface area contributed by atoms with Gasteiger partial charge in [-0.1, -0.05) is 11.6 Å². The molecule has 0 saturated carbocycles. The molecule has 1 aliphatic heterocycles. The fourth-order valence-corrected chi connectivity index (χ4v) is 2.25. The van der Waals surface area contributed by atoms with Gasteiger partial charge in [0.15, 0.2) is 11.6 Å². The van der Waals surface area contributed by atoms with Gasteiger partial charge in [-0.15, -0.1) is 0 Å². The predicted octanol–water partition coefficient (Wildman–Crippen LogP) is 2.07. The lowest BCUT2D eigenvalue weighted by Gasteiger charge is -2.17. The number of carbonyl (C=O) groups is 1. The maximum atomic E-state index is 13.1. The summed E-state index contributed by atoms with van der Waals surface area (Å²) in [5.74, 6) is -2.57. The van der Waals surface area contributed by atoms with Crippen molar-refractivity contribution in [2.45, 2.75) is 6.42 Å². The highest BCUT2D eigenvalue weighted by Crippen LogP contribution is 2.24. The van der Waals surface area contributed by atoms with Gasteiger partial charge in [-0.3, -0.25) is 4.79 Å². The highest BCUT2D eigenvalue weighted by atomic mass is 35.5. The number of carbonyl (C=O) groups excluding carboxylic acids is 1. The van der Waals surface area contributed by atoms with Gasteiger partial charge in [0.25, 0.3) is 5.91 Å². The second kappa shape index (κ2) is 5.20. The van der Waals surface area contributed by atoms with Crippen LogP contribution in [0.4, 0.5) is 8.78 Å². The van der Waals surface area contributed by atoms with Crippen LogP contribution in [0.15, 0.2) is 12.1 Å². The molecule has 1 N–H and O–H groups in total. The number of benzene rings is 1. The quantitative estimate of drug-likeness (QED) is 0.840. The Bertz CT molecular complexity index is 481. The van der Waals surface area contributed by atoms with Gasteiger partial charge in [0, 0.05) is 25.6 Å². The van der Waals surface area contributed by atoms with Gasteiger partial charge in [0.1, 0.15) is 0 Å². The summed E-state index contributed by atoms with van der Waals surface area (Å²) >= 11 is 5.74. The van der Waals surface area contributed by atoms with Crippen LogP contribution in [0.25, 0.3) is 0 Å². The minimum absolute atomic E-state index is 0.00922. The van der Waals surface area contributed by atoms with Crippen LogP contribution in [0.3, 0.4) is 0 Å². The summed E-state index contributed by atoms with van der Waals surface area (Å²) in [5, 5.41) is 8.89. The number of rotatable bonds is 2. The van der Waals surface area contributed by atoms with E-state index in [4.69, 9.17) is 16.7 Å². The number of nitrogens with zero attached hydrogens (tertiary/aromatic N) is 1. The highest BCUT2D eigenvalue weighted by molar-refractivity contribution is 6.33. The lowest BCUT2D eigenvalue weighted by molar-refractivity contribution is 0.0781. The second-order valence-electron chi connectivity index (χ2n) is 4.33. The summed E-state index contributed by atoms with van der Waals surface area (Å²) in [5.41, 5.74) is -0.0471. The number of halogens is 3. The molecule has 1 atom stereocenters. The van der Waals surface area contributed by atoms with Gasteiger partial charge < -0.3 is 10.0 Å². The molecule has 1 aliphatic rings. The Kier molecular flexibility index (Phi) is 3.82. The largest absolute Gasteiger partial charge is 0.396 e. The van der Waals surface area contributed by atoms with E-state index in [1.807, 2.05) is 0 Å². The van der Waals surface area contributed by atoms with Gasteiger partial charge in [0.05, 0.1) is 10.6 Å². The van der Waals surface area contributed by atoms with Crippen molar-refractivity contribution in [3.8, 4) is 0 Å². The molecule has 0 bridgehead atoms. The summed E-state index contributed by atoms with van der Waals surface area (Å²) in [6.07, 6.45) is 0.698. The number of hydrogen-bond acceptors (Lipinski definition) is 2. The molecule has 1 aromatic rings. The van der Waals surface area contributed by atoms with E-state index in [9.17, 15) is 13.6 Å². The molecule has 3 nitrogen and oxygen atoms in total. The third kappa shape index (κ3) is 2.47. The second-order valence-corrected chi connectivity index (χ2v) is 4.74. The zero-order valence-corrected chi connectivity index (χ0v) is 10.3. The van der Waals surface area contributed by atoms with E-state index in [-0.39, 0.29) is 23.1 Å². The fourth-order valence-electron chi connectivity index (χ4n) is 2.02. The van der Waals surface area contributed by atoms with Crippen LogP contribution in [-0.2, 0) is 0 Å². The van der Waals surface area contributed by atoms with E-state index in [1.54, 1.807) is 0 Å². The molecule has 1 unspecified atom stereocenters. The van der Waals surface area contributed by atoms with Crippen LogP contribution in [0.2, 0.25) is 5.02 Å². The molecular formula is C12H12ClF2NO2. The molecule has 0 aromatic heterocycles. The summed E-state index contributed by atoms with van der Waals surface area (Å²) in [6.45, 7) is 0.902. The van der Waals surface area contributed by atoms with Crippen LogP contribution in [-0.4, -0.2) is 35.6 Å². The van der Waals surface area contributed by atoms with E-state index >= 15 is 0 Å². The molecule has 0 spiro atoms. The molecule has 2 rings (SSSR count). The minimum Gasteiger partial charge on any atom is -0.396 e. The number of amides is 1. The Balaban J connectivity index is 2.22. The monoisotopic (exact) mass is 275 g/mol. The van der Waals surface area contributed by atoms with Crippen molar-refractivity contribution in [3.05, 3.63) is 34.4 Å². The Morgan fingerprint density at radius 1 is 1.44 bits per heavy atom. The summed E-state index contributed by atoms with van der Waals surface area (Å²) in [6, 6.07) is 1.61. The predicted molar refractivity (Wildman–Crippen MR) is 62.5 cm³/mol. The van der Waals surface area contributed by atoms with E-state index in [0.717, 1.165) is 12.1 Å². The number of aliphatic hydroxyl groups excluding tert-OH is 1. The lowest BCUT2D eigenvalue weighted by Crippen LogP contribution is -2.29. The van der Waals surface area contributed by atoms with E-state index in [1.165, 1.54) is 4.90 Å². The van der Waals surface area contributed by atoms with E-state index < -0.39 is 17.5 Å². The lowest BCUT2D eigenvalue weighted by atomic mass is 10.1. The van der Waals surface area contributed by atoms with Gasteiger partial charge in [0.2, 0.25) is 0 Å². The summed E-state index contributed by atoms with van der Waals surface area (Å²) in [7, 11) is 0. The van der Waals surface area contributed by atoms with Crippen LogP contribution >= 0.6 is 11.6 Å². The fraction of sp³-hybridized carbons (Fsp3) is 0.417. The van der Waals surface area contributed by atoms with Crippen molar-refractivity contribution in [1.29, 1.82) is 0 Å². The van der Waals surface area contributed by atoms with E-state index in [0.29, 0.717) is 19.5 Å². The Hall–Kier alpha value is -1.20. The molecule has 1 fully saturated rings. The smallest absolute Gasteiger partial charge is 0.255 e. The first-order valence-electron chi connectivity index (χ1n) is 5.57. The van der Waals surface area contributed by atoms with Gasteiger partial charge in [-0.25, -0.2) is 8.78 Å². The first kappa shape index (κ1) is 13.2. The Labute approximate surface area is 108 Å².